The predicted molar refractivity (Wildman–Crippen MR) is 111 cm³/mol. The van der Waals surface area contributed by atoms with Gasteiger partial charge in [0.2, 0.25) is 0 Å². The van der Waals surface area contributed by atoms with Gasteiger partial charge in [0.1, 0.15) is 11.5 Å². The molecule has 0 bridgehead atoms. The van der Waals surface area contributed by atoms with E-state index in [-0.39, 0.29) is 5.78 Å². The Kier molecular flexibility index (Phi) is 7.32. The van der Waals surface area contributed by atoms with Gasteiger partial charge in [-0.3, -0.25) is 4.79 Å². The molecule has 0 saturated heterocycles. The molecule has 150 valence electrons. The molecular weight excluding hydrogens is 358 g/mol. The summed E-state index contributed by atoms with van der Waals surface area (Å²) in [5, 5.41) is 0. The molecule has 2 aromatic rings. The van der Waals surface area contributed by atoms with Gasteiger partial charge in [0.05, 0.1) is 39.7 Å². The van der Waals surface area contributed by atoms with E-state index in [1.54, 1.807) is 32.4 Å². The second-order valence-electron chi connectivity index (χ2n) is 6.16. The van der Waals surface area contributed by atoms with E-state index in [2.05, 4.69) is 0 Å². The molecule has 28 heavy (non-hydrogen) atoms. The largest absolute Gasteiger partial charge is 0.497 e. The number of Topliss-reactive ketones (excluding diaryl/α,β-unsaturated/α-hetero) is 1. The average molecular weight is 385 g/mol. The van der Waals surface area contributed by atoms with Crippen molar-refractivity contribution in [1.82, 2.24) is 0 Å². The van der Waals surface area contributed by atoms with E-state index in [1.807, 2.05) is 25.1 Å². The van der Waals surface area contributed by atoms with Crippen molar-refractivity contribution in [2.45, 2.75) is 19.8 Å². The van der Waals surface area contributed by atoms with Gasteiger partial charge in [-0.25, -0.2) is 0 Å². The van der Waals surface area contributed by atoms with Crippen LogP contribution in [0.5, 0.6) is 23.0 Å². The number of hydrogen-bond acceptors (Lipinski definition) is 6. The van der Waals surface area contributed by atoms with E-state index in [0.717, 1.165) is 12.0 Å². The maximum atomic E-state index is 13.4. The molecule has 0 atom stereocenters. The minimum Gasteiger partial charge on any atom is -0.497 e. The summed E-state index contributed by atoms with van der Waals surface area (Å²) in [5.74, 6) is 1.76. The number of nitrogen functional groups attached to an aromatic ring is 1. The summed E-state index contributed by atoms with van der Waals surface area (Å²) in [7, 11) is 6.13. The highest BCUT2D eigenvalue weighted by Gasteiger charge is 2.22. The van der Waals surface area contributed by atoms with Crippen molar-refractivity contribution in [3.63, 3.8) is 0 Å². The van der Waals surface area contributed by atoms with Gasteiger partial charge in [0.25, 0.3) is 0 Å². The fourth-order valence-electron chi connectivity index (χ4n) is 2.94. The van der Waals surface area contributed by atoms with Crippen molar-refractivity contribution in [3.8, 4) is 23.0 Å². The van der Waals surface area contributed by atoms with Crippen molar-refractivity contribution < 1.29 is 23.7 Å². The van der Waals surface area contributed by atoms with Crippen LogP contribution in [0.4, 0.5) is 5.69 Å². The Morgan fingerprint density at radius 1 is 0.964 bits per heavy atom. The Bertz CT molecular complexity index is 873. The fourth-order valence-corrected chi connectivity index (χ4v) is 2.94. The number of ketones is 1. The minimum atomic E-state index is -0.147. The predicted octanol–water partition coefficient (Wildman–Crippen LogP) is 4.37. The molecule has 0 unspecified atom stereocenters. The second-order valence-corrected chi connectivity index (χ2v) is 6.16. The molecule has 2 aromatic carbocycles. The molecule has 0 amide bonds. The van der Waals surface area contributed by atoms with Crippen LogP contribution in [0, 0.1) is 0 Å². The van der Waals surface area contributed by atoms with Crippen LogP contribution < -0.4 is 24.7 Å². The lowest BCUT2D eigenvalue weighted by Crippen LogP contribution is -2.08. The number of benzene rings is 2. The highest BCUT2D eigenvalue weighted by atomic mass is 16.5. The van der Waals surface area contributed by atoms with Gasteiger partial charge in [0.15, 0.2) is 17.3 Å². The summed E-state index contributed by atoms with van der Waals surface area (Å²) in [5.41, 5.74) is 8.29. The number of nitrogens with two attached hydrogens (primary N) is 1. The monoisotopic (exact) mass is 385 g/mol. The number of hydrogen-bond donors (Lipinski definition) is 1. The Morgan fingerprint density at radius 3 is 2.25 bits per heavy atom. The molecule has 0 aliphatic heterocycles. The van der Waals surface area contributed by atoms with Gasteiger partial charge >= 0.3 is 0 Å². The zero-order chi connectivity index (χ0) is 20.7. The van der Waals surface area contributed by atoms with Crippen molar-refractivity contribution in [1.29, 1.82) is 0 Å². The van der Waals surface area contributed by atoms with Crippen LogP contribution in [0.3, 0.4) is 0 Å². The normalized spacial score (nSPS) is 11.1. The topological polar surface area (TPSA) is 80.0 Å². The molecule has 2 N–H and O–H groups in total. The average Bonchev–Trinajstić information content (AvgIpc) is 2.72. The molecule has 0 heterocycles. The highest BCUT2D eigenvalue weighted by Crippen LogP contribution is 2.37. The molecule has 0 spiro atoms. The number of methoxy groups -OCH3 is 4. The number of allylic oxidation sites excluding steroid dienone is 1. The number of carbonyl (C=O) groups is 1. The zero-order valence-corrected chi connectivity index (χ0v) is 17.0. The molecule has 6 nitrogen and oxygen atoms in total. The molecule has 0 saturated carbocycles. The molecule has 0 aromatic heterocycles. The van der Waals surface area contributed by atoms with Gasteiger partial charge in [-0.2, -0.15) is 0 Å². The number of rotatable bonds is 9. The fraction of sp³-hybridized carbons (Fsp3) is 0.318. The third kappa shape index (κ3) is 4.57. The van der Waals surface area contributed by atoms with Gasteiger partial charge in [-0.15, -0.1) is 0 Å². The summed E-state index contributed by atoms with van der Waals surface area (Å²) >= 11 is 0. The number of anilines is 1. The van der Waals surface area contributed by atoms with Gasteiger partial charge in [0, 0.05) is 11.6 Å². The molecule has 0 fully saturated rings. The van der Waals surface area contributed by atoms with Gasteiger partial charge in [-0.1, -0.05) is 19.4 Å². The first kappa shape index (κ1) is 21.2. The zero-order valence-electron chi connectivity index (χ0n) is 17.0. The van der Waals surface area contributed by atoms with Crippen LogP contribution in [0.25, 0.3) is 6.08 Å². The standard InChI is InChI=1S/C22H27NO5/c1-6-7-15(10-14-8-9-18(23)19(11-14)26-3)21(24)17-12-16(25-2)13-20(27-4)22(17)28-5/h8-13H,6-7,23H2,1-5H3. The minimum absolute atomic E-state index is 0.147. The van der Waals surface area contributed by atoms with E-state index < -0.39 is 0 Å². The first-order valence-corrected chi connectivity index (χ1v) is 8.97. The van der Waals surface area contributed by atoms with Crippen molar-refractivity contribution in [2.75, 3.05) is 34.2 Å². The van der Waals surface area contributed by atoms with E-state index in [9.17, 15) is 4.79 Å². The lowest BCUT2D eigenvalue weighted by atomic mass is 9.96. The highest BCUT2D eigenvalue weighted by molar-refractivity contribution is 6.13. The van der Waals surface area contributed by atoms with Crippen molar-refractivity contribution in [3.05, 3.63) is 47.0 Å². The SMILES string of the molecule is CCCC(=Cc1ccc(N)c(OC)c1)C(=O)c1cc(OC)cc(OC)c1OC. The smallest absolute Gasteiger partial charge is 0.193 e. The van der Waals surface area contributed by atoms with E-state index in [1.165, 1.54) is 14.2 Å². The van der Waals surface area contributed by atoms with Crippen LogP contribution in [0.2, 0.25) is 0 Å². The molecule has 2 rings (SSSR count). The Balaban J connectivity index is 2.56. The first-order valence-electron chi connectivity index (χ1n) is 8.97. The summed E-state index contributed by atoms with van der Waals surface area (Å²) in [6.45, 7) is 2.02. The summed E-state index contributed by atoms with van der Waals surface area (Å²) in [6.07, 6.45) is 3.26. The Morgan fingerprint density at radius 2 is 1.68 bits per heavy atom. The summed E-state index contributed by atoms with van der Waals surface area (Å²) in [4.78, 5) is 13.4. The van der Waals surface area contributed by atoms with Crippen molar-refractivity contribution in [2.24, 2.45) is 0 Å². The van der Waals surface area contributed by atoms with Gasteiger partial charge < -0.3 is 24.7 Å². The van der Waals surface area contributed by atoms with Crippen LogP contribution in [0.15, 0.2) is 35.9 Å². The molecular formula is C22H27NO5. The van der Waals surface area contributed by atoms with Gasteiger partial charge in [-0.05, 0) is 36.3 Å². The van der Waals surface area contributed by atoms with Crippen LogP contribution in [-0.4, -0.2) is 34.2 Å². The third-order valence-electron chi connectivity index (χ3n) is 4.34. The molecule has 0 radical (unpaired) electrons. The number of ether oxygens (including phenoxy) is 4. The molecule has 6 heteroatoms. The van der Waals surface area contributed by atoms with Crippen LogP contribution >= 0.6 is 0 Å². The van der Waals surface area contributed by atoms with E-state index >= 15 is 0 Å². The van der Waals surface area contributed by atoms with Crippen LogP contribution in [0.1, 0.15) is 35.7 Å². The lowest BCUT2D eigenvalue weighted by molar-refractivity contribution is 0.102. The Labute approximate surface area is 165 Å². The van der Waals surface area contributed by atoms with Crippen LogP contribution in [-0.2, 0) is 0 Å². The maximum Gasteiger partial charge on any atom is 0.193 e. The van der Waals surface area contributed by atoms with E-state index in [0.29, 0.717) is 46.2 Å². The lowest BCUT2D eigenvalue weighted by Gasteiger charge is -2.15. The molecule has 0 aliphatic rings. The summed E-state index contributed by atoms with van der Waals surface area (Å²) in [6, 6.07) is 8.76. The first-order chi connectivity index (χ1) is 13.5. The maximum absolute atomic E-state index is 13.4. The number of carbonyl (C=O) groups excluding carboxylic acids is 1. The quantitative estimate of drug-likeness (QED) is 0.392. The molecule has 0 aliphatic carbocycles. The third-order valence-corrected chi connectivity index (χ3v) is 4.34. The second kappa shape index (κ2) is 9.69. The Hall–Kier alpha value is -3.15. The summed E-state index contributed by atoms with van der Waals surface area (Å²) < 4.78 is 21.4. The van der Waals surface area contributed by atoms with Crippen molar-refractivity contribution >= 4 is 17.5 Å². The van der Waals surface area contributed by atoms with E-state index in [4.69, 9.17) is 24.7 Å².